The van der Waals surface area contributed by atoms with E-state index < -0.39 is 0 Å². The summed E-state index contributed by atoms with van der Waals surface area (Å²) in [5.41, 5.74) is 0. The summed E-state index contributed by atoms with van der Waals surface area (Å²) >= 11 is 0. The molecule has 1 fully saturated rings. The highest BCUT2D eigenvalue weighted by Crippen LogP contribution is 2.20. The summed E-state index contributed by atoms with van der Waals surface area (Å²) < 4.78 is 5.45. The van der Waals surface area contributed by atoms with Crippen molar-refractivity contribution in [3.8, 4) is 0 Å². The zero-order chi connectivity index (χ0) is 11.3. The van der Waals surface area contributed by atoms with Gasteiger partial charge in [-0.1, -0.05) is 26.7 Å². The Kier molecular flexibility index (Phi) is 5.58. The molecule has 0 aromatic rings. The van der Waals surface area contributed by atoms with Crippen LogP contribution in [0, 0.1) is 5.92 Å². The lowest BCUT2D eigenvalue weighted by molar-refractivity contribution is 0.0332. The average molecular weight is 215 g/mol. The van der Waals surface area contributed by atoms with Crippen molar-refractivity contribution < 1.29 is 9.84 Å². The zero-order valence-corrected chi connectivity index (χ0v) is 10.2. The van der Waals surface area contributed by atoms with Gasteiger partial charge in [-0.15, -0.1) is 0 Å². The molecule has 3 heteroatoms. The molecule has 3 atom stereocenters. The van der Waals surface area contributed by atoms with E-state index in [0.29, 0.717) is 24.6 Å². The first-order valence-electron chi connectivity index (χ1n) is 6.09. The molecular weight excluding hydrogens is 190 g/mol. The molecule has 0 bridgehead atoms. The second-order valence-electron chi connectivity index (χ2n) is 4.88. The van der Waals surface area contributed by atoms with Crippen molar-refractivity contribution >= 4 is 0 Å². The first-order chi connectivity index (χ1) is 7.15. The third-order valence-corrected chi connectivity index (χ3v) is 3.36. The molecular formula is C12H25NO2. The van der Waals surface area contributed by atoms with Crippen molar-refractivity contribution in [3.05, 3.63) is 0 Å². The van der Waals surface area contributed by atoms with Crippen molar-refractivity contribution in [3.63, 3.8) is 0 Å². The van der Waals surface area contributed by atoms with Crippen LogP contribution in [0.25, 0.3) is 0 Å². The Morgan fingerprint density at radius 3 is 2.60 bits per heavy atom. The van der Waals surface area contributed by atoms with Crippen LogP contribution in [0.15, 0.2) is 0 Å². The summed E-state index contributed by atoms with van der Waals surface area (Å²) in [7, 11) is 1.78. The number of aliphatic hydroxyl groups excluding tert-OH is 1. The Hall–Kier alpha value is -0.120. The van der Waals surface area contributed by atoms with Crippen molar-refractivity contribution in [1.29, 1.82) is 0 Å². The SMILES string of the molecule is COC1CCCCC1NCC(O)C(C)C. The molecule has 0 aromatic heterocycles. The third-order valence-electron chi connectivity index (χ3n) is 3.36. The molecule has 1 aliphatic rings. The molecule has 0 aromatic carbocycles. The van der Waals surface area contributed by atoms with E-state index in [1.807, 2.05) is 13.8 Å². The molecule has 1 rings (SSSR count). The first kappa shape index (κ1) is 12.9. The molecule has 3 unspecified atom stereocenters. The summed E-state index contributed by atoms with van der Waals surface area (Å²) in [5, 5.41) is 13.1. The molecule has 0 amide bonds. The maximum Gasteiger partial charge on any atom is 0.0724 e. The van der Waals surface area contributed by atoms with E-state index in [-0.39, 0.29) is 6.10 Å². The summed E-state index contributed by atoms with van der Waals surface area (Å²) in [6, 6.07) is 0.428. The van der Waals surface area contributed by atoms with Gasteiger partial charge in [0.1, 0.15) is 0 Å². The monoisotopic (exact) mass is 215 g/mol. The van der Waals surface area contributed by atoms with Crippen LogP contribution in [0.1, 0.15) is 39.5 Å². The number of hydrogen-bond donors (Lipinski definition) is 2. The van der Waals surface area contributed by atoms with Gasteiger partial charge >= 0.3 is 0 Å². The van der Waals surface area contributed by atoms with Gasteiger partial charge in [0.25, 0.3) is 0 Å². The van der Waals surface area contributed by atoms with Gasteiger partial charge in [-0.05, 0) is 18.8 Å². The normalized spacial score (nSPS) is 29.4. The number of aliphatic hydroxyl groups is 1. The average Bonchev–Trinajstić information content (AvgIpc) is 2.26. The topological polar surface area (TPSA) is 41.5 Å². The molecule has 3 nitrogen and oxygen atoms in total. The Balaban J connectivity index is 2.29. The minimum atomic E-state index is -0.246. The predicted molar refractivity (Wildman–Crippen MR) is 61.9 cm³/mol. The number of hydrogen-bond acceptors (Lipinski definition) is 3. The second-order valence-corrected chi connectivity index (χ2v) is 4.88. The Labute approximate surface area is 93.2 Å². The molecule has 1 aliphatic carbocycles. The maximum absolute atomic E-state index is 9.71. The number of methoxy groups -OCH3 is 1. The molecule has 0 saturated heterocycles. The molecule has 1 saturated carbocycles. The van der Waals surface area contributed by atoms with Gasteiger partial charge in [0.2, 0.25) is 0 Å². The smallest absolute Gasteiger partial charge is 0.0724 e. The molecule has 2 N–H and O–H groups in total. The highest BCUT2D eigenvalue weighted by molar-refractivity contribution is 4.82. The van der Waals surface area contributed by atoms with Gasteiger partial charge in [-0.3, -0.25) is 0 Å². The van der Waals surface area contributed by atoms with Gasteiger partial charge in [-0.25, -0.2) is 0 Å². The van der Waals surface area contributed by atoms with E-state index in [4.69, 9.17) is 4.74 Å². The number of rotatable bonds is 5. The van der Waals surface area contributed by atoms with Crippen molar-refractivity contribution in [1.82, 2.24) is 5.32 Å². The third kappa shape index (κ3) is 4.09. The van der Waals surface area contributed by atoms with Gasteiger partial charge in [0.15, 0.2) is 0 Å². The summed E-state index contributed by atoms with van der Waals surface area (Å²) in [4.78, 5) is 0. The fourth-order valence-corrected chi connectivity index (χ4v) is 2.12. The Morgan fingerprint density at radius 1 is 1.33 bits per heavy atom. The van der Waals surface area contributed by atoms with Crippen LogP contribution in [0.2, 0.25) is 0 Å². The summed E-state index contributed by atoms with van der Waals surface area (Å²) in [5.74, 6) is 0.321. The maximum atomic E-state index is 9.71. The lowest BCUT2D eigenvalue weighted by atomic mass is 9.92. The second kappa shape index (κ2) is 6.46. The van der Waals surface area contributed by atoms with Crippen LogP contribution in [-0.2, 0) is 4.74 Å². The van der Waals surface area contributed by atoms with E-state index in [0.717, 1.165) is 6.42 Å². The summed E-state index contributed by atoms with van der Waals surface area (Å²) in [6.45, 7) is 4.77. The van der Waals surface area contributed by atoms with E-state index in [1.54, 1.807) is 7.11 Å². The van der Waals surface area contributed by atoms with Crippen LogP contribution < -0.4 is 5.32 Å². The van der Waals surface area contributed by atoms with Crippen molar-refractivity contribution in [2.45, 2.75) is 57.8 Å². The minimum Gasteiger partial charge on any atom is -0.392 e. The molecule has 15 heavy (non-hydrogen) atoms. The van der Waals surface area contributed by atoms with Gasteiger partial charge in [0.05, 0.1) is 12.2 Å². The van der Waals surface area contributed by atoms with E-state index >= 15 is 0 Å². The van der Waals surface area contributed by atoms with Crippen LogP contribution in [-0.4, -0.2) is 37.0 Å². The minimum absolute atomic E-state index is 0.246. The van der Waals surface area contributed by atoms with Crippen LogP contribution in [0.3, 0.4) is 0 Å². The van der Waals surface area contributed by atoms with Gasteiger partial charge < -0.3 is 15.2 Å². The summed E-state index contributed by atoms with van der Waals surface area (Å²) in [6.07, 6.45) is 4.94. The fraction of sp³-hybridized carbons (Fsp3) is 1.00. The highest BCUT2D eigenvalue weighted by atomic mass is 16.5. The number of ether oxygens (including phenoxy) is 1. The molecule has 0 aliphatic heterocycles. The van der Waals surface area contributed by atoms with Crippen LogP contribution >= 0.6 is 0 Å². The quantitative estimate of drug-likeness (QED) is 0.731. The fourth-order valence-electron chi connectivity index (χ4n) is 2.12. The molecule has 0 spiro atoms. The molecule has 0 radical (unpaired) electrons. The highest BCUT2D eigenvalue weighted by Gasteiger charge is 2.25. The first-order valence-corrected chi connectivity index (χ1v) is 6.09. The Morgan fingerprint density at radius 2 is 2.00 bits per heavy atom. The number of nitrogens with one attached hydrogen (secondary N) is 1. The van der Waals surface area contributed by atoms with E-state index in [9.17, 15) is 5.11 Å². The predicted octanol–water partition coefficient (Wildman–Crippen LogP) is 1.55. The Bertz CT molecular complexity index is 173. The van der Waals surface area contributed by atoms with Crippen molar-refractivity contribution in [2.75, 3.05) is 13.7 Å². The molecule has 90 valence electrons. The van der Waals surface area contributed by atoms with Gasteiger partial charge in [0, 0.05) is 19.7 Å². The molecule has 0 heterocycles. The standard InChI is InChI=1S/C12H25NO2/c1-9(2)11(14)8-13-10-6-4-5-7-12(10)15-3/h9-14H,4-8H2,1-3H3. The lowest BCUT2D eigenvalue weighted by Crippen LogP contribution is -2.46. The lowest BCUT2D eigenvalue weighted by Gasteiger charge is -2.32. The van der Waals surface area contributed by atoms with E-state index in [2.05, 4.69) is 5.32 Å². The van der Waals surface area contributed by atoms with Crippen LogP contribution in [0.4, 0.5) is 0 Å². The zero-order valence-electron chi connectivity index (χ0n) is 10.2. The van der Waals surface area contributed by atoms with Crippen molar-refractivity contribution in [2.24, 2.45) is 5.92 Å². The largest absolute Gasteiger partial charge is 0.392 e. The van der Waals surface area contributed by atoms with Gasteiger partial charge in [-0.2, -0.15) is 0 Å². The van der Waals surface area contributed by atoms with E-state index in [1.165, 1.54) is 19.3 Å². The van der Waals surface area contributed by atoms with Crippen LogP contribution in [0.5, 0.6) is 0 Å².